The number of unbranched alkanes of at least 4 members (excludes halogenated alkanes) is 1. The normalized spacial score (nSPS) is 14.0. The minimum absolute atomic E-state index is 0.00854. The monoisotopic (exact) mass is 442 g/mol. The number of hydrogen-bond donors (Lipinski definition) is 0. The van der Waals surface area contributed by atoms with Crippen LogP contribution in [0.15, 0.2) is 18.2 Å². The third-order valence-electron chi connectivity index (χ3n) is 5.76. The number of rotatable bonds is 16. The number of benzene rings is 1. The van der Waals surface area contributed by atoms with Gasteiger partial charge in [-0.2, -0.15) is 0 Å². The van der Waals surface area contributed by atoms with E-state index in [4.69, 9.17) is 30.5 Å². The largest absolute Gasteiger partial charge is 0.496 e. The van der Waals surface area contributed by atoms with Crippen LogP contribution in [-0.2, 0) is 15.9 Å². The van der Waals surface area contributed by atoms with Crippen molar-refractivity contribution in [3.05, 3.63) is 23.8 Å². The van der Waals surface area contributed by atoms with Crippen LogP contribution in [-0.4, -0.2) is 45.0 Å². The van der Waals surface area contributed by atoms with Crippen LogP contribution in [0.1, 0.15) is 66.4 Å². The summed E-state index contributed by atoms with van der Waals surface area (Å²) < 4.78 is 23.5. The Labute approximate surface area is 189 Å². The van der Waals surface area contributed by atoms with Gasteiger partial charge in [0, 0.05) is 11.9 Å². The summed E-state index contributed by atoms with van der Waals surface area (Å²) in [5.41, 5.74) is 1.22. The number of methoxy groups -OCH3 is 1. The lowest BCUT2D eigenvalue weighted by Gasteiger charge is -2.36. The molecule has 0 radical (unpaired) electrons. The molecule has 0 aliphatic rings. The van der Waals surface area contributed by atoms with Crippen molar-refractivity contribution in [1.82, 2.24) is 0 Å². The predicted octanol–water partition coefficient (Wildman–Crippen LogP) is 6.52. The number of aryl methyl sites for hydroxylation is 1. The fraction of sp³-hybridized carbons (Fsp3) is 0.760. The molecule has 1 aromatic rings. The van der Waals surface area contributed by atoms with Gasteiger partial charge in [0.05, 0.1) is 32.5 Å². The maximum atomic E-state index is 6.11. The highest BCUT2D eigenvalue weighted by Crippen LogP contribution is 2.32. The van der Waals surface area contributed by atoms with Crippen molar-refractivity contribution < 1.29 is 18.9 Å². The highest BCUT2D eigenvalue weighted by atomic mass is 35.5. The smallest absolute Gasteiger partial charge is 0.125 e. The molecular weight excluding hydrogens is 400 g/mol. The van der Waals surface area contributed by atoms with E-state index < -0.39 is 0 Å². The summed E-state index contributed by atoms with van der Waals surface area (Å²) in [6, 6.07) is 6.09. The minimum atomic E-state index is -0.00854. The van der Waals surface area contributed by atoms with Crippen LogP contribution in [0, 0.1) is 11.3 Å². The van der Waals surface area contributed by atoms with Gasteiger partial charge >= 0.3 is 0 Å². The van der Waals surface area contributed by atoms with Crippen LogP contribution in [0.5, 0.6) is 11.5 Å². The van der Waals surface area contributed by atoms with Gasteiger partial charge in [-0.25, -0.2) is 0 Å². The molecule has 1 aromatic carbocycles. The number of hydrogen-bond acceptors (Lipinski definition) is 4. The van der Waals surface area contributed by atoms with Gasteiger partial charge in [0.15, 0.2) is 0 Å². The van der Waals surface area contributed by atoms with Gasteiger partial charge in [-0.1, -0.05) is 47.1 Å². The molecule has 1 rings (SSSR count). The highest BCUT2D eigenvalue weighted by molar-refractivity contribution is 6.17. The molecule has 30 heavy (non-hydrogen) atoms. The van der Waals surface area contributed by atoms with Crippen LogP contribution >= 0.6 is 11.6 Å². The summed E-state index contributed by atoms with van der Waals surface area (Å²) in [5.74, 6) is 2.68. The molecule has 0 amide bonds. The molecule has 0 aliphatic carbocycles. The fourth-order valence-electron chi connectivity index (χ4n) is 3.37. The maximum Gasteiger partial charge on any atom is 0.125 e. The van der Waals surface area contributed by atoms with Gasteiger partial charge in [0.2, 0.25) is 0 Å². The molecule has 0 fully saturated rings. The zero-order valence-corrected chi connectivity index (χ0v) is 20.9. The minimum Gasteiger partial charge on any atom is -0.496 e. The third-order valence-corrected chi connectivity index (χ3v) is 5.91. The van der Waals surface area contributed by atoms with E-state index in [1.165, 1.54) is 12.0 Å². The summed E-state index contributed by atoms with van der Waals surface area (Å²) in [6.45, 7) is 14.8. The first-order valence-corrected chi connectivity index (χ1v) is 11.9. The van der Waals surface area contributed by atoms with Crippen molar-refractivity contribution in [2.24, 2.45) is 11.3 Å². The Morgan fingerprint density at radius 3 is 2.37 bits per heavy atom. The van der Waals surface area contributed by atoms with E-state index >= 15 is 0 Å². The van der Waals surface area contributed by atoms with E-state index in [0.29, 0.717) is 31.6 Å². The average Bonchev–Trinajstić information content (AvgIpc) is 2.72. The van der Waals surface area contributed by atoms with E-state index in [0.717, 1.165) is 30.8 Å². The van der Waals surface area contributed by atoms with Crippen LogP contribution < -0.4 is 9.47 Å². The van der Waals surface area contributed by atoms with E-state index in [1.54, 1.807) is 7.11 Å². The molecule has 174 valence electrons. The molecular formula is C25H43ClO4. The lowest BCUT2D eigenvalue weighted by atomic mass is 9.79. The first-order chi connectivity index (χ1) is 14.2. The zero-order valence-electron chi connectivity index (χ0n) is 20.1. The summed E-state index contributed by atoms with van der Waals surface area (Å²) in [6.07, 6.45) is 4.56. The molecule has 2 unspecified atom stereocenters. The predicted molar refractivity (Wildman–Crippen MR) is 126 cm³/mol. The van der Waals surface area contributed by atoms with Crippen molar-refractivity contribution in [1.29, 1.82) is 0 Å². The van der Waals surface area contributed by atoms with Gasteiger partial charge in [-0.05, 0) is 49.1 Å². The summed E-state index contributed by atoms with van der Waals surface area (Å²) in [5, 5.41) is 0. The third kappa shape index (κ3) is 9.45. The molecule has 2 atom stereocenters. The molecule has 0 saturated carbocycles. The van der Waals surface area contributed by atoms with E-state index in [2.05, 4.69) is 47.6 Å². The summed E-state index contributed by atoms with van der Waals surface area (Å²) in [7, 11) is 1.71. The second-order valence-electron chi connectivity index (χ2n) is 8.97. The molecule has 0 aromatic heterocycles. The number of alkyl halides is 1. The maximum absolute atomic E-state index is 6.11. The van der Waals surface area contributed by atoms with E-state index in [-0.39, 0.29) is 17.6 Å². The standard InChI is InChI=1S/C25H43ClO4/c1-8-9-10-21-11-12-22(17-23(21)27-7)29-16-15-28-20(4)25(5,6)18-24(19(2)3)30-14-13-26/h11-12,17,19-20,24H,8-10,13-16,18H2,1-7H3. The van der Waals surface area contributed by atoms with Crippen molar-refractivity contribution in [3.63, 3.8) is 0 Å². The van der Waals surface area contributed by atoms with Crippen molar-refractivity contribution in [2.45, 2.75) is 79.4 Å². The molecule has 5 heteroatoms. The summed E-state index contributed by atoms with van der Waals surface area (Å²) >= 11 is 5.80. The lowest BCUT2D eigenvalue weighted by molar-refractivity contribution is -0.0638. The molecule has 4 nitrogen and oxygen atoms in total. The Morgan fingerprint density at radius 2 is 1.77 bits per heavy atom. The van der Waals surface area contributed by atoms with Gasteiger partial charge in [-0.15, -0.1) is 11.6 Å². The first kappa shape index (κ1) is 27.1. The lowest BCUT2D eigenvalue weighted by Crippen LogP contribution is -2.36. The Bertz CT molecular complexity index is 589. The Morgan fingerprint density at radius 1 is 1.03 bits per heavy atom. The quantitative estimate of drug-likeness (QED) is 0.216. The average molecular weight is 443 g/mol. The first-order valence-electron chi connectivity index (χ1n) is 11.3. The van der Waals surface area contributed by atoms with Crippen LogP contribution in [0.4, 0.5) is 0 Å². The van der Waals surface area contributed by atoms with Gasteiger partial charge in [0.25, 0.3) is 0 Å². The van der Waals surface area contributed by atoms with Crippen molar-refractivity contribution in [2.75, 3.05) is 32.8 Å². The number of halogens is 1. The Balaban J connectivity index is 2.50. The molecule has 0 bridgehead atoms. The highest BCUT2D eigenvalue weighted by Gasteiger charge is 2.31. The Kier molecular flexibility index (Phi) is 12.8. The van der Waals surface area contributed by atoms with Crippen LogP contribution in [0.2, 0.25) is 0 Å². The fourth-order valence-corrected chi connectivity index (χ4v) is 3.46. The molecule has 0 N–H and O–H groups in total. The topological polar surface area (TPSA) is 36.9 Å². The van der Waals surface area contributed by atoms with Gasteiger partial charge in [-0.3, -0.25) is 0 Å². The second-order valence-corrected chi connectivity index (χ2v) is 9.35. The molecule has 0 aliphatic heterocycles. The van der Waals surface area contributed by atoms with Gasteiger partial charge < -0.3 is 18.9 Å². The Hall–Kier alpha value is -0.970. The van der Waals surface area contributed by atoms with Crippen LogP contribution in [0.3, 0.4) is 0 Å². The van der Waals surface area contributed by atoms with E-state index in [1.807, 2.05) is 12.1 Å². The van der Waals surface area contributed by atoms with Crippen molar-refractivity contribution >= 4 is 11.6 Å². The van der Waals surface area contributed by atoms with Gasteiger partial charge in [0.1, 0.15) is 18.1 Å². The summed E-state index contributed by atoms with van der Waals surface area (Å²) in [4.78, 5) is 0. The van der Waals surface area contributed by atoms with Crippen molar-refractivity contribution in [3.8, 4) is 11.5 Å². The second kappa shape index (κ2) is 14.2. The number of ether oxygens (including phenoxy) is 4. The molecule has 0 heterocycles. The SMILES string of the molecule is CCCCc1ccc(OCCOC(C)C(C)(C)CC(OCCCl)C(C)C)cc1OC. The molecule has 0 saturated heterocycles. The van der Waals surface area contributed by atoms with Crippen LogP contribution in [0.25, 0.3) is 0 Å². The zero-order chi connectivity index (χ0) is 22.6. The molecule has 0 spiro atoms. The van der Waals surface area contributed by atoms with E-state index in [9.17, 15) is 0 Å².